The zero-order chi connectivity index (χ0) is 21.7. The third-order valence-corrected chi connectivity index (χ3v) is 6.62. The molecule has 1 N–H and O–H groups in total. The van der Waals surface area contributed by atoms with Gasteiger partial charge in [0.1, 0.15) is 5.75 Å². The molecular formula is C23H30N2O4S. The van der Waals surface area contributed by atoms with Crippen LogP contribution in [0.25, 0.3) is 0 Å². The number of benzene rings is 2. The lowest BCUT2D eigenvalue weighted by Crippen LogP contribution is -2.49. The van der Waals surface area contributed by atoms with Crippen molar-refractivity contribution in [1.82, 2.24) is 10.2 Å². The number of rotatable bonds is 8. The summed E-state index contributed by atoms with van der Waals surface area (Å²) >= 11 is 0. The van der Waals surface area contributed by atoms with Crippen LogP contribution in [0.15, 0.2) is 53.4 Å². The van der Waals surface area contributed by atoms with Crippen molar-refractivity contribution in [3.8, 4) is 5.75 Å². The standard InChI is InChI=1S/C23H30N2O4S/c1-17(2)22(25-12-11-18-7-4-5-8-19(18)15-25)14-24-23(26)16-29-20-9-6-10-21(13-20)30(3,27)28/h4-10,13,17,22H,11-12,14-16H2,1-3H3,(H,24,26). The van der Waals surface area contributed by atoms with E-state index in [4.69, 9.17) is 4.74 Å². The average molecular weight is 431 g/mol. The molecule has 0 saturated carbocycles. The largest absolute Gasteiger partial charge is 0.484 e. The average Bonchev–Trinajstić information content (AvgIpc) is 2.71. The van der Waals surface area contributed by atoms with Gasteiger partial charge in [-0.3, -0.25) is 9.69 Å². The zero-order valence-corrected chi connectivity index (χ0v) is 18.6. The number of nitrogens with zero attached hydrogens (tertiary/aromatic N) is 1. The number of ether oxygens (including phenoxy) is 1. The molecule has 1 heterocycles. The van der Waals surface area contributed by atoms with Crippen LogP contribution >= 0.6 is 0 Å². The Morgan fingerprint density at radius 2 is 1.87 bits per heavy atom. The smallest absolute Gasteiger partial charge is 0.257 e. The summed E-state index contributed by atoms with van der Waals surface area (Å²) < 4.78 is 28.8. The van der Waals surface area contributed by atoms with Gasteiger partial charge in [-0.25, -0.2) is 8.42 Å². The summed E-state index contributed by atoms with van der Waals surface area (Å²) in [6, 6.07) is 14.9. The fourth-order valence-electron chi connectivity index (χ4n) is 3.80. The topological polar surface area (TPSA) is 75.7 Å². The molecule has 0 radical (unpaired) electrons. The van der Waals surface area contributed by atoms with Crippen LogP contribution in [0.5, 0.6) is 5.75 Å². The molecule has 0 aliphatic carbocycles. The van der Waals surface area contributed by atoms with Crippen LogP contribution in [-0.2, 0) is 27.6 Å². The molecule has 0 saturated heterocycles. The van der Waals surface area contributed by atoms with Gasteiger partial charge in [0.2, 0.25) is 0 Å². The molecule has 1 aliphatic heterocycles. The number of nitrogens with one attached hydrogen (secondary N) is 1. The van der Waals surface area contributed by atoms with Gasteiger partial charge in [-0.1, -0.05) is 44.2 Å². The SMILES string of the molecule is CC(C)C(CNC(=O)COc1cccc(S(C)(=O)=O)c1)N1CCc2ccccc2C1. The van der Waals surface area contributed by atoms with Crippen molar-refractivity contribution in [3.63, 3.8) is 0 Å². The molecule has 0 fully saturated rings. The first-order valence-corrected chi connectivity index (χ1v) is 12.1. The lowest BCUT2D eigenvalue weighted by Gasteiger charge is -2.38. The van der Waals surface area contributed by atoms with E-state index >= 15 is 0 Å². The molecule has 162 valence electrons. The van der Waals surface area contributed by atoms with E-state index in [1.54, 1.807) is 12.1 Å². The molecule has 0 aromatic heterocycles. The van der Waals surface area contributed by atoms with E-state index in [0.717, 1.165) is 25.8 Å². The summed E-state index contributed by atoms with van der Waals surface area (Å²) in [4.78, 5) is 14.9. The molecule has 1 atom stereocenters. The Bertz CT molecular complexity index is 988. The van der Waals surface area contributed by atoms with E-state index in [-0.39, 0.29) is 23.5 Å². The molecule has 1 unspecified atom stereocenters. The Balaban J connectivity index is 1.54. The van der Waals surface area contributed by atoms with Crippen molar-refractivity contribution < 1.29 is 17.9 Å². The monoisotopic (exact) mass is 430 g/mol. The molecule has 0 spiro atoms. The van der Waals surface area contributed by atoms with Crippen LogP contribution in [0.3, 0.4) is 0 Å². The second-order valence-corrected chi connectivity index (χ2v) is 10.2. The van der Waals surface area contributed by atoms with Crippen LogP contribution in [0, 0.1) is 5.92 Å². The lowest BCUT2D eigenvalue weighted by molar-refractivity contribution is -0.123. The minimum absolute atomic E-state index is 0.152. The van der Waals surface area contributed by atoms with Crippen LogP contribution in [-0.4, -0.2) is 51.2 Å². The molecule has 30 heavy (non-hydrogen) atoms. The normalized spacial score (nSPS) is 15.5. The maximum Gasteiger partial charge on any atom is 0.257 e. The highest BCUT2D eigenvalue weighted by Crippen LogP contribution is 2.23. The number of fused-ring (bicyclic) bond motifs is 1. The Labute approximate surface area is 179 Å². The van der Waals surface area contributed by atoms with E-state index < -0.39 is 9.84 Å². The molecule has 6 nitrogen and oxygen atoms in total. The van der Waals surface area contributed by atoms with Gasteiger partial charge in [-0.05, 0) is 41.7 Å². The van der Waals surface area contributed by atoms with Crippen molar-refractivity contribution in [2.45, 2.75) is 37.8 Å². The summed E-state index contributed by atoms with van der Waals surface area (Å²) in [7, 11) is -3.31. The number of hydrogen-bond donors (Lipinski definition) is 1. The number of sulfone groups is 1. The van der Waals surface area contributed by atoms with Crippen molar-refractivity contribution >= 4 is 15.7 Å². The third kappa shape index (κ3) is 5.83. The molecule has 7 heteroatoms. The van der Waals surface area contributed by atoms with Gasteiger partial charge >= 0.3 is 0 Å². The van der Waals surface area contributed by atoms with Crippen molar-refractivity contribution in [1.29, 1.82) is 0 Å². The Morgan fingerprint density at radius 1 is 1.13 bits per heavy atom. The Hall–Kier alpha value is -2.38. The van der Waals surface area contributed by atoms with E-state index in [1.165, 1.54) is 23.3 Å². The first-order chi connectivity index (χ1) is 14.2. The fourth-order valence-corrected chi connectivity index (χ4v) is 4.46. The van der Waals surface area contributed by atoms with Crippen molar-refractivity contribution in [2.75, 3.05) is 26.0 Å². The number of carbonyl (C=O) groups excluding carboxylic acids is 1. The van der Waals surface area contributed by atoms with Gasteiger partial charge in [0.25, 0.3) is 5.91 Å². The minimum Gasteiger partial charge on any atom is -0.484 e. The van der Waals surface area contributed by atoms with Gasteiger partial charge in [-0.2, -0.15) is 0 Å². The van der Waals surface area contributed by atoms with Gasteiger partial charge in [0.05, 0.1) is 4.90 Å². The Kier molecular flexibility index (Phi) is 7.15. The summed E-state index contributed by atoms with van der Waals surface area (Å²) in [5.41, 5.74) is 2.76. The Morgan fingerprint density at radius 3 is 2.57 bits per heavy atom. The van der Waals surface area contributed by atoms with Gasteiger partial charge in [-0.15, -0.1) is 0 Å². The van der Waals surface area contributed by atoms with E-state index in [2.05, 4.69) is 48.3 Å². The number of hydrogen-bond acceptors (Lipinski definition) is 5. The van der Waals surface area contributed by atoms with Crippen molar-refractivity contribution in [3.05, 3.63) is 59.7 Å². The van der Waals surface area contributed by atoms with Gasteiger partial charge in [0, 0.05) is 31.9 Å². The first-order valence-electron chi connectivity index (χ1n) is 10.2. The van der Waals surface area contributed by atoms with Gasteiger partial charge in [0.15, 0.2) is 16.4 Å². The van der Waals surface area contributed by atoms with Crippen LogP contribution in [0.2, 0.25) is 0 Å². The molecular weight excluding hydrogens is 400 g/mol. The summed E-state index contributed by atoms with van der Waals surface area (Å²) in [6.45, 7) is 6.61. The maximum absolute atomic E-state index is 12.3. The highest BCUT2D eigenvalue weighted by atomic mass is 32.2. The lowest BCUT2D eigenvalue weighted by atomic mass is 9.95. The molecule has 3 rings (SSSR count). The molecule has 1 aliphatic rings. The zero-order valence-electron chi connectivity index (χ0n) is 17.8. The van der Waals surface area contributed by atoms with Crippen molar-refractivity contribution in [2.24, 2.45) is 5.92 Å². The van der Waals surface area contributed by atoms with Crippen LogP contribution in [0.1, 0.15) is 25.0 Å². The highest BCUT2D eigenvalue weighted by molar-refractivity contribution is 7.90. The molecule has 2 aromatic rings. The first kappa shape index (κ1) is 22.3. The summed E-state index contributed by atoms with van der Waals surface area (Å²) in [6.07, 6.45) is 2.16. The van der Waals surface area contributed by atoms with E-state index in [9.17, 15) is 13.2 Å². The maximum atomic E-state index is 12.3. The summed E-state index contributed by atoms with van der Waals surface area (Å²) in [5, 5.41) is 2.98. The second-order valence-electron chi connectivity index (χ2n) is 8.14. The van der Waals surface area contributed by atoms with E-state index in [1.807, 2.05) is 0 Å². The van der Waals surface area contributed by atoms with E-state index in [0.29, 0.717) is 18.2 Å². The molecule has 1 amide bonds. The predicted molar refractivity (Wildman–Crippen MR) is 117 cm³/mol. The number of amides is 1. The highest BCUT2D eigenvalue weighted by Gasteiger charge is 2.26. The minimum atomic E-state index is -3.31. The summed E-state index contributed by atoms with van der Waals surface area (Å²) in [5.74, 6) is 0.534. The fraction of sp³-hybridized carbons (Fsp3) is 0.435. The van der Waals surface area contributed by atoms with Crippen LogP contribution < -0.4 is 10.1 Å². The van der Waals surface area contributed by atoms with Gasteiger partial charge < -0.3 is 10.1 Å². The second kappa shape index (κ2) is 9.62. The predicted octanol–water partition coefficient (Wildman–Crippen LogP) is 2.67. The molecule has 0 bridgehead atoms. The molecule has 2 aromatic carbocycles. The van der Waals surface area contributed by atoms with Crippen LogP contribution in [0.4, 0.5) is 0 Å². The third-order valence-electron chi connectivity index (χ3n) is 5.51. The number of carbonyl (C=O) groups is 1. The quantitative estimate of drug-likeness (QED) is 0.697.